The maximum absolute atomic E-state index is 13.2. The summed E-state index contributed by atoms with van der Waals surface area (Å²) in [6.07, 6.45) is 6.14. The molecule has 4 atom stereocenters. The van der Waals surface area contributed by atoms with Gasteiger partial charge >= 0.3 is 0 Å². The van der Waals surface area contributed by atoms with Crippen molar-refractivity contribution in [1.82, 2.24) is 4.90 Å². The highest BCUT2D eigenvalue weighted by molar-refractivity contribution is 6.24. The quantitative estimate of drug-likeness (QED) is 0.744. The number of carbonyl (C=O) groups excluding carboxylic acids is 2. The van der Waals surface area contributed by atoms with Gasteiger partial charge in [0.05, 0.1) is 5.41 Å². The molecule has 27 heavy (non-hydrogen) atoms. The largest absolute Gasteiger partial charge is 0.339 e. The predicted molar refractivity (Wildman–Crippen MR) is 108 cm³/mol. The molecule has 1 N–H and O–H groups in total. The standard InChI is InChI=1S/C22H29ClN2O2/c1-3-25(4-2)19(26)17-5-7-18(8-6-17)24-20(27)21-10-15-9-16(11-21)13-22(23,12-15)14-21/h5-8,15-16H,3-4,9-14H2,1-2H3,(H,24,27)/t15-,16+,21?,22?. The van der Waals surface area contributed by atoms with Gasteiger partial charge in [-0.15, -0.1) is 11.6 Å². The number of alkyl halides is 1. The van der Waals surface area contributed by atoms with Crippen molar-refractivity contribution < 1.29 is 9.59 Å². The normalized spacial score (nSPS) is 33.7. The molecule has 0 aromatic heterocycles. The highest BCUT2D eigenvalue weighted by atomic mass is 35.5. The Labute approximate surface area is 166 Å². The van der Waals surface area contributed by atoms with Gasteiger partial charge in [0, 0.05) is 29.2 Å². The fourth-order valence-corrected chi connectivity index (χ4v) is 6.76. The second-order valence-electron chi connectivity index (χ2n) is 8.90. The second-order valence-corrected chi connectivity index (χ2v) is 9.70. The van der Waals surface area contributed by atoms with Gasteiger partial charge in [0.25, 0.3) is 5.91 Å². The number of hydrogen-bond donors (Lipinski definition) is 1. The summed E-state index contributed by atoms with van der Waals surface area (Å²) in [6, 6.07) is 7.29. The third-order valence-corrected chi connectivity index (χ3v) is 7.35. The third-order valence-electron chi connectivity index (χ3n) is 6.91. The van der Waals surface area contributed by atoms with Crippen molar-refractivity contribution in [3.05, 3.63) is 29.8 Å². The molecule has 5 heteroatoms. The number of benzene rings is 1. The van der Waals surface area contributed by atoms with Gasteiger partial charge in [0.2, 0.25) is 5.91 Å². The Kier molecular flexibility index (Phi) is 4.74. The monoisotopic (exact) mass is 388 g/mol. The van der Waals surface area contributed by atoms with E-state index in [2.05, 4.69) is 5.32 Å². The van der Waals surface area contributed by atoms with Crippen molar-refractivity contribution >= 4 is 29.1 Å². The summed E-state index contributed by atoms with van der Waals surface area (Å²) in [5.74, 6) is 1.35. The van der Waals surface area contributed by atoms with Crippen molar-refractivity contribution in [2.45, 2.75) is 57.2 Å². The minimum atomic E-state index is -0.304. The first-order valence-electron chi connectivity index (χ1n) is 10.3. The molecule has 4 saturated carbocycles. The number of rotatable bonds is 5. The number of hydrogen-bond acceptors (Lipinski definition) is 2. The van der Waals surface area contributed by atoms with Crippen LogP contribution in [0.2, 0.25) is 0 Å². The lowest BCUT2D eigenvalue weighted by Gasteiger charge is -2.59. The molecular formula is C22H29ClN2O2. The van der Waals surface area contributed by atoms with Crippen molar-refractivity contribution in [3.8, 4) is 0 Å². The molecule has 4 bridgehead atoms. The minimum absolute atomic E-state index is 0.0306. The van der Waals surface area contributed by atoms with Gasteiger partial charge < -0.3 is 10.2 Å². The summed E-state index contributed by atoms with van der Waals surface area (Å²) in [5, 5.41) is 3.12. The van der Waals surface area contributed by atoms with E-state index in [1.165, 1.54) is 6.42 Å². The zero-order valence-corrected chi connectivity index (χ0v) is 17.0. The first-order valence-corrected chi connectivity index (χ1v) is 10.6. The zero-order chi connectivity index (χ0) is 19.2. The topological polar surface area (TPSA) is 49.4 Å². The maximum atomic E-state index is 13.2. The third kappa shape index (κ3) is 3.37. The molecule has 4 aliphatic rings. The van der Waals surface area contributed by atoms with Crippen LogP contribution >= 0.6 is 11.6 Å². The van der Waals surface area contributed by atoms with Crippen LogP contribution in [0, 0.1) is 17.3 Å². The fraction of sp³-hybridized carbons (Fsp3) is 0.636. The summed E-state index contributed by atoms with van der Waals surface area (Å²) in [6.45, 7) is 5.34. The number of nitrogens with one attached hydrogen (secondary N) is 1. The first kappa shape index (κ1) is 18.8. The number of nitrogens with zero attached hydrogens (tertiary/aromatic N) is 1. The SMILES string of the molecule is CCN(CC)C(=O)c1ccc(NC(=O)C23C[C@@H]4C[C@@H](CC(Cl)(C4)C2)C3)cc1. The Balaban J connectivity index is 1.47. The average molecular weight is 389 g/mol. The van der Waals surface area contributed by atoms with Crippen LogP contribution in [0.4, 0.5) is 5.69 Å². The first-order chi connectivity index (χ1) is 12.9. The van der Waals surface area contributed by atoms with Crippen LogP contribution in [-0.4, -0.2) is 34.7 Å². The van der Waals surface area contributed by atoms with Crippen LogP contribution in [-0.2, 0) is 4.79 Å². The Morgan fingerprint density at radius 1 is 1.07 bits per heavy atom. The maximum Gasteiger partial charge on any atom is 0.253 e. The van der Waals surface area contributed by atoms with Crippen molar-refractivity contribution in [2.75, 3.05) is 18.4 Å². The smallest absolute Gasteiger partial charge is 0.253 e. The predicted octanol–water partition coefficient (Wildman–Crippen LogP) is 4.68. The average Bonchev–Trinajstić information content (AvgIpc) is 2.61. The fourth-order valence-electron chi connectivity index (χ4n) is 6.07. The van der Waals surface area contributed by atoms with E-state index in [9.17, 15) is 9.59 Å². The summed E-state index contributed by atoms with van der Waals surface area (Å²) in [5.41, 5.74) is 1.11. The molecule has 5 rings (SSSR count). The molecule has 0 spiro atoms. The summed E-state index contributed by atoms with van der Waals surface area (Å²) in [4.78, 5) is 27.2. The minimum Gasteiger partial charge on any atom is -0.339 e. The van der Waals surface area contributed by atoms with E-state index < -0.39 is 0 Å². The molecule has 0 saturated heterocycles. The molecule has 4 nitrogen and oxygen atoms in total. The Bertz CT molecular complexity index is 727. The van der Waals surface area contributed by atoms with Gasteiger partial charge in [0.15, 0.2) is 0 Å². The van der Waals surface area contributed by atoms with E-state index in [4.69, 9.17) is 11.6 Å². The summed E-state index contributed by atoms with van der Waals surface area (Å²) >= 11 is 6.86. The van der Waals surface area contributed by atoms with Gasteiger partial charge in [-0.3, -0.25) is 9.59 Å². The van der Waals surface area contributed by atoms with Crippen molar-refractivity contribution in [1.29, 1.82) is 0 Å². The highest BCUT2D eigenvalue weighted by Crippen LogP contribution is 2.64. The molecule has 1 aromatic rings. The molecule has 146 valence electrons. The van der Waals surface area contributed by atoms with Crippen molar-refractivity contribution in [2.24, 2.45) is 17.3 Å². The van der Waals surface area contributed by atoms with Gasteiger partial charge in [-0.1, -0.05) is 0 Å². The molecule has 0 aliphatic heterocycles. The molecule has 0 heterocycles. The van der Waals surface area contributed by atoms with E-state index in [1.807, 2.05) is 26.0 Å². The molecular weight excluding hydrogens is 360 g/mol. The van der Waals surface area contributed by atoms with E-state index in [0.717, 1.165) is 37.8 Å². The molecule has 0 radical (unpaired) electrons. The molecule has 4 aliphatic carbocycles. The number of amides is 2. The number of anilines is 1. The molecule has 2 amide bonds. The van der Waals surface area contributed by atoms with Crippen LogP contribution in [0.15, 0.2) is 24.3 Å². The van der Waals surface area contributed by atoms with E-state index in [1.54, 1.807) is 17.0 Å². The van der Waals surface area contributed by atoms with E-state index in [0.29, 0.717) is 30.5 Å². The number of halogens is 1. The number of carbonyl (C=O) groups is 2. The lowest BCUT2D eigenvalue weighted by Crippen LogP contribution is -2.57. The molecule has 4 fully saturated rings. The Hall–Kier alpha value is -1.55. The van der Waals surface area contributed by atoms with Crippen LogP contribution in [0.25, 0.3) is 0 Å². The van der Waals surface area contributed by atoms with Gasteiger partial charge in [0.1, 0.15) is 0 Å². The lowest BCUT2D eigenvalue weighted by atomic mass is 9.49. The van der Waals surface area contributed by atoms with Gasteiger partial charge in [-0.2, -0.15) is 0 Å². The second kappa shape index (κ2) is 6.80. The Morgan fingerprint density at radius 3 is 2.19 bits per heavy atom. The van der Waals surface area contributed by atoms with Crippen LogP contribution < -0.4 is 5.32 Å². The Morgan fingerprint density at radius 2 is 1.67 bits per heavy atom. The van der Waals surface area contributed by atoms with Crippen LogP contribution in [0.3, 0.4) is 0 Å². The summed E-state index contributed by atoms with van der Waals surface area (Å²) in [7, 11) is 0. The highest BCUT2D eigenvalue weighted by Gasteiger charge is 2.60. The van der Waals surface area contributed by atoms with E-state index >= 15 is 0 Å². The van der Waals surface area contributed by atoms with Crippen LogP contribution in [0.1, 0.15) is 62.7 Å². The molecule has 2 unspecified atom stereocenters. The lowest BCUT2D eigenvalue weighted by molar-refractivity contribution is -0.138. The van der Waals surface area contributed by atoms with E-state index in [-0.39, 0.29) is 22.1 Å². The molecule has 1 aromatic carbocycles. The van der Waals surface area contributed by atoms with Crippen molar-refractivity contribution in [3.63, 3.8) is 0 Å². The van der Waals surface area contributed by atoms with Gasteiger partial charge in [-0.25, -0.2) is 0 Å². The zero-order valence-electron chi connectivity index (χ0n) is 16.3. The summed E-state index contributed by atoms with van der Waals surface area (Å²) < 4.78 is 0. The van der Waals surface area contributed by atoms with Gasteiger partial charge in [-0.05, 0) is 88.5 Å². The van der Waals surface area contributed by atoms with Crippen LogP contribution in [0.5, 0.6) is 0 Å².